The van der Waals surface area contributed by atoms with Crippen molar-refractivity contribution in [3.63, 3.8) is 0 Å². The van der Waals surface area contributed by atoms with Crippen LogP contribution in [0.4, 0.5) is 26.3 Å². The fourth-order valence-electron chi connectivity index (χ4n) is 2.86. The lowest BCUT2D eigenvalue weighted by molar-refractivity contribution is -0.138. The van der Waals surface area contributed by atoms with Gasteiger partial charge in [-0.3, -0.25) is 0 Å². The molecule has 0 unspecified atom stereocenters. The zero-order chi connectivity index (χ0) is 27.8. The molecule has 4 aromatic rings. The molecule has 0 aliphatic heterocycles. The van der Waals surface area contributed by atoms with Gasteiger partial charge in [0.05, 0.1) is 17.7 Å². The number of benzene rings is 2. The summed E-state index contributed by atoms with van der Waals surface area (Å²) in [6, 6.07) is 17.7. The zero-order valence-electron chi connectivity index (χ0n) is 19.3. The number of aromatic nitrogens is 2. The quantitative estimate of drug-likeness (QED) is 0.192. The van der Waals surface area contributed by atoms with Gasteiger partial charge in [0.15, 0.2) is 0 Å². The molecule has 2 aromatic heterocycles. The highest BCUT2D eigenvalue weighted by Gasteiger charge is 2.31. The van der Waals surface area contributed by atoms with Crippen LogP contribution < -0.4 is 9.47 Å². The van der Waals surface area contributed by atoms with Crippen molar-refractivity contribution in [3.05, 3.63) is 107 Å². The van der Waals surface area contributed by atoms with E-state index in [1.165, 1.54) is 6.07 Å². The zero-order valence-corrected chi connectivity index (χ0v) is 20.1. The minimum absolute atomic E-state index is 0.0584. The highest BCUT2D eigenvalue weighted by Crippen LogP contribution is 2.31. The van der Waals surface area contributed by atoms with Crippen molar-refractivity contribution < 1.29 is 40.9 Å². The van der Waals surface area contributed by atoms with Gasteiger partial charge in [0, 0.05) is 30.4 Å². The summed E-state index contributed by atoms with van der Waals surface area (Å²) in [4.78, 5) is 7.21. The third-order valence-corrected chi connectivity index (χ3v) is 5.01. The van der Waals surface area contributed by atoms with Gasteiger partial charge in [-0.2, -0.15) is 26.3 Å². The summed E-state index contributed by atoms with van der Waals surface area (Å²) in [5, 5.41) is 8.96. The molecule has 0 radical (unpaired) electrons. The molecule has 200 valence electrons. The van der Waals surface area contributed by atoms with Crippen LogP contribution in [-0.4, -0.2) is 15.1 Å². The van der Waals surface area contributed by atoms with Crippen LogP contribution in [0.25, 0.3) is 0 Å². The standard InChI is InChI=1S/C13H9ClF3NO.C13H10F3NO2/c14-7-9-2-1-3-11(6-9)19-12-5-4-10(8-18-12)13(15,16)17;14-13(15,16)10-4-5-12(17-7-10)19-11-3-1-2-9(6-11)8-18/h1-6,8H,7H2;1-7,18H,8H2. The van der Waals surface area contributed by atoms with E-state index >= 15 is 0 Å². The summed E-state index contributed by atoms with van der Waals surface area (Å²) in [5.41, 5.74) is -0.145. The number of halogens is 7. The van der Waals surface area contributed by atoms with Crippen LogP contribution in [0.1, 0.15) is 22.3 Å². The molecule has 5 nitrogen and oxygen atoms in total. The van der Waals surface area contributed by atoms with Crippen LogP contribution >= 0.6 is 11.6 Å². The molecule has 0 fully saturated rings. The fourth-order valence-corrected chi connectivity index (χ4v) is 3.02. The smallest absolute Gasteiger partial charge is 0.417 e. The maximum Gasteiger partial charge on any atom is 0.417 e. The summed E-state index contributed by atoms with van der Waals surface area (Å²) in [7, 11) is 0. The van der Waals surface area contributed by atoms with Gasteiger partial charge in [0.25, 0.3) is 0 Å². The van der Waals surface area contributed by atoms with E-state index in [-0.39, 0.29) is 18.4 Å². The van der Waals surface area contributed by atoms with Crippen LogP contribution in [0, 0.1) is 0 Å². The molecule has 0 spiro atoms. The molecule has 2 aromatic carbocycles. The van der Waals surface area contributed by atoms with Crippen molar-refractivity contribution in [2.45, 2.75) is 24.8 Å². The Balaban J connectivity index is 0.000000211. The average molecular weight is 557 g/mol. The van der Waals surface area contributed by atoms with E-state index in [0.717, 1.165) is 30.0 Å². The Morgan fingerprint density at radius 2 is 1.11 bits per heavy atom. The molecule has 0 aliphatic rings. The van der Waals surface area contributed by atoms with Crippen LogP contribution in [0.5, 0.6) is 23.3 Å². The van der Waals surface area contributed by atoms with Crippen molar-refractivity contribution in [3.8, 4) is 23.3 Å². The molecular formula is C26H19ClF6N2O3. The van der Waals surface area contributed by atoms with Crippen molar-refractivity contribution in [2.75, 3.05) is 0 Å². The minimum Gasteiger partial charge on any atom is -0.439 e. The molecule has 2 heterocycles. The van der Waals surface area contributed by atoms with Crippen molar-refractivity contribution in [1.29, 1.82) is 0 Å². The number of hydrogen-bond donors (Lipinski definition) is 1. The summed E-state index contributed by atoms with van der Waals surface area (Å²) in [5.74, 6) is 1.37. The lowest BCUT2D eigenvalue weighted by Gasteiger charge is -2.08. The van der Waals surface area contributed by atoms with E-state index in [0.29, 0.717) is 29.1 Å². The molecular weight excluding hydrogens is 538 g/mol. The summed E-state index contributed by atoms with van der Waals surface area (Å²) in [6.45, 7) is -0.141. The second kappa shape index (κ2) is 12.6. The Bertz CT molecular complexity index is 1210. The summed E-state index contributed by atoms with van der Waals surface area (Å²) in [6.07, 6.45) is -7.36. The molecule has 0 aliphatic carbocycles. The van der Waals surface area contributed by atoms with Crippen LogP contribution in [0.2, 0.25) is 0 Å². The lowest BCUT2D eigenvalue weighted by atomic mass is 10.2. The molecule has 0 atom stereocenters. The monoisotopic (exact) mass is 556 g/mol. The molecule has 12 heteroatoms. The summed E-state index contributed by atoms with van der Waals surface area (Å²) >= 11 is 5.68. The number of rotatable bonds is 6. The lowest BCUT2D eigenvalue weighted by Crippen LogP contribution is -2.05. The predicted octanol–water partition coefficient (Wildman–Crippen LogP) is 8.02. The number of aliphatic hydroxyl groups excluding tert-OH is 1. The molecule has 1 N–H and O–H groups in total. The van der Waals surface area contributed by atoms with Crippen molar-refractivity contribution in [1.82, 2.24) is 9.97 Å². The van der Waals surface area contributed by atoms with Gasteiger partial charge in [-0.15, -0.1) is 11.6 Å². The van der Waals surface area contributed by atoms with Gasteiger partial charge in [-0.25, -0.2) is 9.97 Å². The Morgan fingerprint density at radius 1 is 0.658 bits per heavy atom. The van der Waals surface area contributed by atoms with E-state index in [1.807, 2.05) is 6.07 Å². The molecule has 0 saturated carbocycles. The van der Waals surface area contributed by atoms with Crippen LogP contribution in [0.3, 0.4) is 0 Å². The van der Waals surface area contributed by atoms with E-state index in [1.54, 1.807) is 42.5 Å². The van der Waals surface area contributed by atoms with Crippen molar-refractivity contribution >= 4 is 11.6 Å². The second-order valence-corrected chi connectivity index (χ2v) is 7.82. The summed E-state index contributed by atoms with van der Waals surface area (Å²) < 4.78 is 84.7. The Morgan fingerprint density at radius 3 is 1.47 bits per heavy atom. The molecule has 38 heavy (non-hydrogen) atoms. The van der Waals surface area contributed by atoms with Crippen LogP contribution in [0.15, 0.2) is 85.2 Å². The first-order chi connectivity index (χ1) is 18.0. The van der Waals surface area contributed by atoms with Gasteiger partial charge in [0.2, 0.25) is 11.8 Å². The van der Waals surface area contributed by atoms with E-state index in [4.69, 9.17) is 26.2 Å². The Hall–Kier alpha value is -3.83. The largest absolute Gasteiger partial charge is 0.439 e. The molecule has 0 amide bonds. The van der Waals surface area contributed by atoms with Crippen molar-refractivity contribution in [2.24, 2.45) is 0 Å². The SMILES string of the molecule is FC(F)(F)c1ccc(Oc2cccc(CCl)c2)nc1.OCc1cccc(Oc2ccc(C(F)(F)F)cn2)c1. The second-order valence-electron chi connectivity index (χ2n) is 7.56. The normalized spacial score (nSPS) is 11.4. The molecule has 4 rings (SSSR count). The molecule has 0 bridgehead atoms. The number of alkyl halides is 7. The van der Waals surface area contributed by atoms with E-state index < -0.39 is 23.5 Å². The third-order valence-electron chi connectivity index (χ3n) is 4.71. The highest BCUT2D eigenvalue weighted by atomic mass is 35.5. The number of ether oxygens (including phenoxy) is 2. The predicted molar refractivity (Wildman–Crippen MR) is 127 cm³/mol. The maximum absolute atomic E-state index is 12.3. The number of hydrogen-bond acceptors (Lipinski definition) is 5. The highest BCUT2D eigenvalue weighted by molar-refractivity contribution is 6.17. The fraction of sp³-hybridized carbons (Fsp3) is 0.154. The number of pyridine rings is 2. The number of aliphatic hydroxyl groups is 1. The topological polar surface area (TPSA) is 64.5 Å². The van der Waals surface area contributed by atoms with Gasteiger partial charge in [-0.05, 0) is 47.5 Å². The maximum atomic E-state index is 12.3. The number of nitrogens with zero attached hydrogens (tertiary/aromatic N) is 2. The van der Waals surface area contributed by atoms with Gasteiger partial charge >= 0.3 is 12.4 Å². The van der Waals surface area contributed by atoms with E-state index in [2.05, 4.69) is 9.97 Å². The first-order valence-electron chi connectivity index (χ1n) is 10.7. The van der Waals surface area contributed by atoms with E-state index in [9.17, 15) is 26.3 Å². The first-order valence-corrected chi connectivity index (χ1v) is 11.3. The Kier molecular flexibility index (Phi) is 9.54. The van der Waals surface area contributed by atoms with Gasteiger partial charge < -0.3 is 14.6 Å². The minimum atomic E-state index is -4.41. The average Bonchev–Trinajstić information content (AvgIpc) is 2.89. The first kappa shape index (κ1) is 28.7. The van der Waals surface area contributed by atoms with Gasteiger partial charge in [0.1, 0.15) is 11.5 Å². The third kappa shape index (κ3) is 8.63. The van der Waals surface area contributed by atoms with Gasteiger partial charge in [-0.1, -0.05) is 24.3 Å². The molecule has 0 saturated heterocycles. The van der Waals surface area contributed by atoms with Crippen LogP contribution in [-0.2, 0) is 24.8 Å². The Labute approximate surface area is 218 Å².